The Kier molecular flexibility index (Phi) is 5.83. The summed E-state index contributed by atoms with van der Waals surface area (Å²) in [5.74, 6) is 1.37. The third kappa shape index (κ3) is 4.49. The molecule has 1 aliphatic rings. The molecule has 2 aromatic heterocycles. The zero-order valence-corrected chi connectivity index (χ0v) is 18.2. The van der Waals surface area contributed by atoms with E-state index in [2.05, 4.69) is 25.1 Å². The van der Waals surface area contributed by atoms with Crippen LogP contribution in [0, 0.1) is 0 Å². The van der Waals surface area contributed by atoms with Crippen LogP contribution in [0.3, 0.4) is 0 Å². The van der Waals surface area contributed by atoms with Crippen molar-refractivity contribution in [2.24, 2.45) is 0 Å². The molecule has 4 rings (SSSR count). The first-order chi connectivity index (χ1) is 14.9. The van der Waals surface area contributed by atoms with Crippen LogP contribution in [-0.4, -0.2) is 63.7 Å². The van der Waals surface area contributed by atoms with Crippen LogP contribution in [0.15, 0.2) is 34.9 Å². The number of benzene rings is 1. The van der Waals surface area contributed by atoms with Crippen LogP contribution in [0.2, 0.25) is 0 Å². The maximum Gasteiger partial charge on any atom is 0.240 e. The number of piperidine rings is 1. The molecule has 0 spiro atoms. The van der Waals surface area contributed by atoms with E-state index in [1.54, 1.807) is 11.8 Å². The van der Waals surface area contributed by atoms with Gasteiger partial charge in [0.15, 0.2) is 0 Å². The molecule has 0 bridgehead atoms. The van der Waals surface area contributed by atoms with Gasteiger partial charge in [-0.05, 0) is 31.9 Å². The number of rotatable bonds is 6. The molecule has 0 radical (unpaired) electrons. The number of hydrogen-bond acceptors (Lipinski definition) is 10. The van der Waals surface area contributed by atoms with Crippen molar-refractivity contribution in [1.29, 1.82) is 0 Å². The van der Waals surface area contributed by atoms with Crippen molar-refractivity contribution in [3.8, 4) is 11.6 Å². The molecule has 3 aromatic rings. The molecule has 0 aliphatic carbocycles. The maximum atomic E-state index is 12.0. The van der Waals surface area contributed by atoms with E-state index < -0.39 is 10.0 Å². The molecule has 0 atom stereocenters. The van der Waals surface area contributed by atoms with Gasteiger partial charge in [0.1, 0.15) is 0 Å². The third-order valence-electron chi connectivity index (χ3n) is 5.29. The Hall–Kier alpha value is -3.12. The fourth-order valence-corrected chi connectivity index (χ4v) is 4.59. The molecule has 0 amide bonds. The molecular formula is C19H24N8O3S. The third-order valence-corrected chi connectivity index (χ3v) is 7.17. The number of para-hydroxylation sites is 1. The average Bonchev–Trinajstić information content (AvgIpc) is 3.29. The van der Waals surface area contributed by atoms with Crippen LogP contribution in [0.4, 0.5) is 17.6 Å². The van der Waals surface area contributed by atoms with E-state index in [1.807, 2.05) is 37.4 Å². The molecule has 12 heteroatoms. The summed E-state index contributed by atoms with van der Waals surface area (Å²) in [6.45, 7) is 2.52. The summed E-state index contributed by atoms with van der Waals surface area (Å²) in [4.78, 5) is 19.0. The zero-order chi connectivity index (χ0) is 22.0. The normalized spacial score (nSPS) is 15.8. The topological polar surface area (TPSA) is 144 Å². The number of anilines is 3. The predicted octanol–water partition coefficient (Wildman–Crippen LogP) is 1.80. The smallest absolute Gasteiger partial charge is 0.240 e. The molecule has 164 valence electrons. The lowest BCUT2D eigenvalue weighted by atomic mass is 9.98. The number of sulfonamides is 1. The fourth-order valence-electron chi connectivity index (χ4n) is 3.45. The summed E-state index contributed by atoms with van der Waals surface area (Å²) in [6, 6.07) is 9.61. The summed E-state index contributed by atoms with van der Waals surface area (Å²) in [5, 5.41) is 4.02. The van der Waals surface area contributed by atoms with Crippen molar-refractivity contribution in [3.05, 3.63) is 36.2 Å². The number of hydrogen-bond donors (Lipinski definition) is 1. The Morgan fingerprint density at radius 3 is 2.48 bits per heavy atom. The minimum atomic E-state index is -3.18. The van der Waals surface area contributed by atoms with Crippen LogP contribution in [0.5, 0.6) is 0 Å². The number of nitrogens with two attached hydrogens (primary N) is 1. The van der Waals surface area contributed by atoms with Crippen molar-refractivity contribution < 1.29 is 12.9 Å². The minimum absolute atomic E-state index is 0.0183. The van der Waals surface area contributed by atoms with Crippen molar-refractivity contribution in [3.63, 3.8) is 0 Å². The molecule has 31 heavy (non-hydrogen) atoms. The summed E-state index contributed by atoms with van der Waals surface area (Å²) in [6.07, 6.45) is 1.23. The summed E-state index contributed by atoms with van der Waals surface area (Å²) < 4.78 is 31.0. The second-order valence-electron chi connectivity index (χ2n) is 7.24. The van der Waals surface area contributed by atoms with Crippen LogP contribution in [0.1, 0.15) is 31.6 Å². The molecule has 1 aliphatic heterocycles. The Labute approximate surface area is 180 Å². The van der Waals surface area contributed by atoms with Crippen LogP contribution >= 0.6 is 0 Å². The average molecular weight is 445 g/mol. The molecule has 1 aromatic carbocycles. The van der Waals surface area contributed by atoms with Crippen LogP contribution in [0.25, 0.3) is 11.6 Å². The number of aromatic nitrogens is 5. The van der Waals surface area contributed by atoms with Crippen molar-refractivity contribution >= 4 is 27.6 Å². The molecule has 11 nitrogen and oxygen atoms in total. The van der Waals surface area contributed by atoms with Crippen molar-refractivity contribution in [2.75, 3.05) is 36.5 Å². The highest BCUT2D eigenvalue weighted by Gasteiger charge is 2.30. The van der Waals surface area contributed by atoms with Gasteiger partial charge in [-0.15, -0.1) is 0 Å². The highest BCUT2D eigenvalue weighted by molar-refractivity contribution is 7.89. The van der Waals surface area contributed by atoms with Crippen molar-refractivity contribution in [1.82, 2.24) is 29.4 Å². The van der Waals surface area contributed by atoms with Crippen molar-refractivity contribution in [2.45, 2.75) is 25.7 Å². The highest BCUT2D eigenvalue weighted by Crippen LogP contribution is 2.29. The number of nitrogens with zero attached hydrogens (tertiary/aromatic N) is 7. The van der Waals surface area contributed by atoms with E-state index in [0.29, 0.717) is 37.8 Å². The molecule has 1 fully saturated rings. The Bertz CT molecular complexity index is 1140. The molecule has 2 N–H and O–H groups in total. The predicted molar refractivity (Wildman–Crippen MR) is 115 cm³/mol. The van der Waals surface area contributed by atoms with Gasteiger partial charge >= 0.3 is 0 Å². The molecule has 1 saturated heterocycles. The van der Waals surface area contributed by atoms with Gasteiger partial charge in [-0.1, -0.05) is 23.4 Å². The quantitative estimate of drug-likeness (QED) is 0.597. The lowest BCUT2D eigenvalue weighted by Gasteiger charge is -2.29. The number of nitrogen functional groups attached to an aromatic ring is 1. The van der Waals surface area contributed by atoms with Gasteiger partial charge in [0.05, 0.1) is 5.75 Å². The van der Waals surface area contributed by atoms with Crippen LogP contribution in [-0.2, 0) is 10.0 Å². The first-order valence-corrected chi connectivity index (χ1v) is 11.6. The molecule has 3 heterocycles. The van der Waals surface area contributed by atoms with Gasteiger partial charge < -0.3 is 15.2 Å². The Morgan fingerprint density at radius 2 is 1.81 bits per heavy atom. The van der Waals surface area contributed by atoms with E-state index in [9.17, 15) is 8.42 Å². The van der Waals surface area contributed by atoms with Crippen LogP contribution < -0.4 is 10.6 Å². The van der Waals surface area contributed by atoms with Gasteiger partial charge in [0.25, 0.3) is 0 Å². The van der Waals surface area contributed by atoms with Gasteiger partial charge in [0.2, 0.25) is 39.5 Å². The summed E-state index contributed by atoms with van der Waals surface area (Å²) >= 11 is 0. The first kappa shape index (κ1) is 21.1. The second kappa shape index (κ2) is 8.55. The largest absolute Gasteiger partial charge is 0.368 e. The van der Waals surface area contributed by atoms with E-state index in [-0.39, 0.29) is 29.3 Å². The Balaban J connectivity index is 1.53. The summed E-state index contributed by atoms with van der Waals surface area (Å²) in [5.41, 5.74) is 6.78. The van der Waals surface area contributed by atoms with Gasteiger partial charge in [-0.25, -0.2) is 12.7 Å². The SMILES string of the molecule is CCS(=O)(=O)N1CCC(c2nc(-c3nc(N)nc(N(C)c4ccccc4)n3)no2)CC1. The molecular weight excluding hydrogens is 420 g/mol. The molecule has 0 unspecified atom stereocenters. The van der Waals surface area contributed by atoms with E-state index >= 15 is 0 Å². The Morgan fingerprint density at radius 1 is 1.10 bits per heavy atom. The standard InChI is InChI=1S/C19H24N8O3S/c1-3-31(28,29)27-11-9-13(10-12-27)17-21-16(25-30-17)15-22-18(20)24-19(23-15)26(2)14-7-5-4-6-8-14/h4-8,13H,3,9-12H2,1-2H3,(H2,20,22,23,24). The maximum absolute atomic E-state index is 12.0. The fraction of sp³-hybridized carbons (Fsp3) is 0.421. The lowest BCUT2D eigenvalue weighted by Crippen LogP contribution is -2.38. The second-order valence-corrected chi connectivity index (χ2v) is 9.50. The van der Waals surface area contributed by atoms with E-state index in [0.717, 1.165) is 5.69 Å². The van der Waals surface area contributed by atoms with Gasteiger partial charge in [0, 0.05) is 31.7 Å². The van der Waals surface area contributed by atoms with Gasteiger partial charge in [-0.3, -0.25) is 0 Å². The molecule has 0 saturated carbocycles. The van der Waals surface area contributed by atoms with E-state index in [4.69, 9.17) is 10.3 Å². The zero-order valence-electron chi connectivity index (χ0n) is 17.3. The highest BCUT2D eigenvalue weighted by atomic mass is 32.2. The van der Waals surface area contributed by atoms with Gasteiger partial charge in [-0.2, -0.15) is 19.9 Å². The lowest BCUT2D eigenvalue weighted by molar-refractivity contribution is 0.271. The summed E-state index contributed by atoms with van der Waals surface area (Å²) in [7, 11) is -1.36. The van der Waals surface area contributed by atoms with E-state index in [1.165, 1.54) is 4.31 Å². The monoisotopic (exact) mass is 444 g/mol. The first-order valence-electron chi connectivity index (χ1n) is 9.99. The minimum Gasteiger partial charge on any atom is -0.368 e.